The fourth-order valence-electron chi connectivity index (χ4n) is 1.84. The fraction of sp³-hybridized carbons (Fsp3) is 0.286. The Labute approximate surface area is 111 Å². The molecule has 1 atom stereocenters. The average Bonchev–Trinajstić information content (AvgIpc) is 2.94. The van der Waals surface area contributed by atoms with Crippen LogP contribution in [0.25, 0.3) is 0 Å². The second-order valence-electron chi connectivity index (χ2n) is 4.09. The van der Waals surface area contributed by atoms with Gasteiger partial charge in [-0.1, -0.05) is 42.5 Å². The van der Waals surface area contributed by atoms with Crippen LogP contribution in [-0.2, 0) is 20.9 Å². The molecule has 0 N–H and O–H groups in total. The van der Waals surface area contributed by atoms with Gasteiger partial charge in [-0.3, -0.25) is 4.90 Å². The van der Waals surface area contributed by atoms with Gasteiger partial charge in [0.25, 0.3) is 0 Å². The Hall–Kier alpha value is -2.30. The van der Waals surface area contributed by atoms with Gasteiger partial charge in [0, 0.05) is 6.54 Å². The highest BCUT2D eigenvalue weighted by molar-refractivity contribution is 5.84. The third-order valence-electron chi connectivity index (χ3n) is 2.84. The van der Waals surface area contributed by atoms with Gasteiger partial charge in [0.2, 0.25) is 0 Å². The summed E-state index contributed by atoms with van der Waals surface area (Å²) >= 11 is 0. The second kappa shape index (κ2) is 6.04. The van der Waals surface area contributed by atoms with Crippen molar-refractivity contribution in [2.45, 2.75) is 12.6 Å². The van der Waals surface area contributed by atoms with Crippen molar-refractivity contribution in [2.75, 3.05) is 13.7 Å². The van der Waals surface area contributed by atoms with E-state index in [0.717, 1.165) is 5.56 Å². The van der Waals surface area contributed by atoms with Gasteiger partial charge in [0.15, 0.2) is 6.04 Å². The number of carbonyl (C=O) groups is 2. The van der Waals surface area contributed by atoms with E-state index in [4.69, 9.17) is 4.74 Å². The lowest BCUT2D eigenvalue weighted by molar-refractivity contribution is -0.144. The van der Waals surface area contributed by atoms with Gasteiger partial charge in [-0.25, -0.2) is 9.59 Å². The Kier molecular flexibility index (Phi) is 4.18. The van der Waals surface area contributed by atoms with Gasteiger partial charge >= 0.3 is 12.1 Å². The zero-order valence-corrected chi connectivity index (χ0v) is 10.6. The van der Waals surface area contributed by atoms with E-state index in [1.165, 1.54) is 12.0 Å². The predicted molar refractivity (Wildman–Crippen MR) is 68.3 cm³/mol. The molecule has 0 fully saturated rings. The highest BCUT2D eigenvalue weighted by Gasteiger charge is 2.32. The number of hydrogen-bond donors (Lipinski definition) is 0. The van der Waals surface area contributed by atoms with E-state index in [9.17, 15) is 9.59 Å². The molecule has 2 rings (SSSR count). The summed E-state index contributed by atoms with van der Waals surface area (Å²) in [4.78, 5) is 24.7. The topological polar surface area (TPSA) is 55.8 Å². The number of hydrogen-bond acceptors (Lipinski definition) is 4. The van der Waals surface area contributed by atoms with Gasteiger partial charge in [0.1, 0.15) is 6.61 Å². The Morgan fingerprint density at radius 3 is 2.74 bits per heavy atom. The van der Waals surface area contributed by atoms with Crippen molar-refractivity contribution < 1.29 is 19.1 Å². The van der Waals surface area contributed by atoms with E-state index >= 15 is 0 Å². The number of ether oxygens (including phenoxy) is 2. The van der Waals surface area contributed by atoms with Crippen molar-refractivity contribution in [1.29, 1.82) is 0 Å². The minimum atomic E-state index is -0.687. The largest absolute Gasteiger partial charge is 0.467 e. The lowest BCUT2D eigenvalue weighted by Crippen LogP contribution is -2.41. The predicted octanol–water partition coefficient (Wildman–Crippen LogP) is 1.74. The minimum absolute atomic E-state index is 0.185. The zero-order valence-electron chi connectivity index (χ0n) is 10.6. The molecule has 5 heteroatoms. The normalized spacial score (nSPS) is 17.3. The third kappa shape index (κ3) is 3.13. The van der Waals surface area contributed by atoms with Crippen LogP contribution in [0.15, 0.2) is 42.5 Å². The minimum Gasteiger partial charge on any atom is -0.467 e. The molecule has 1 aliphatic heterocycles. The van der Waals surface area contributed by atoms with Crippen LogP contribution in [0.2, 0.25) is 0 Å². The highest BCUT2D eigenvalue weighted by atomic mass is 16.6. The maximum Gasteiger partial charge on any atom is 0.411 e. The van der Waals surface area contributed by atoms with Crippen LogP contribution < -0.4 is 0 Å². The van der Waals surface area contributed by atoms with Crippen LogP contribution in [0, 0.1) is 0 Å². The molecule has 1 heterocycles. The van der Waals surface area contributed by atoms with Crippen LogP contribution in [-0.4, -0.2) is 36.7 Å². The summed E-state index contributed by atoms with van der Waals surface area (Å²) in [6.07, 6.45) is 2.85. The summed E-state index contributed by atoms with van der Waals surface area (Å²) in [6, 6.07) is 8.69. The average molecular weight is 261 g/mol. The molecule has 0 spiro atoms. The smallest absolute Gasteiger partial charge is 0.411 e. The van der Waals surface area contributed by atoms with E-state index < -0.39 is 18.1 Å². The Morgan fingerprint density at radius 2 is 2.05 bits per heavy atom. The molecule has 0 aromatic heterocycles. The standard InChI is InChI=1S/C14H15NO4/c1-18-13(16)12-8-5-9-15(12)14(17)19-10-11-6-3-2-4-7-11/h2-8,12H,9-10H2,1H3/t12-/m1/s1. The lowest BCUT2D eigenvalue weighted by Gasteiger charge is -2.21. The summed E-state index contributed by atoms with van der Waals surface area (Å²) in [5.41, 5.74) is 0.901. The lowest BCUT2D eigenvalue weighted by atomic mass is 10.2. The van der Waals surface area contributed by atoms with Crippen molar-refractivity contribution in [3.63, 3.8) is 0 Å². The number of amides is 1. The summed E-state index contributed by atoms with van der Waals surface area (Å²) in [6.45, 7) is 0.539. The van der Waals surface area contributed by atoms with Crippen LogP contribution >= 0.6 is 0 Å². The summed E-state index contributed by atoms with van der Waals surface area (Å²) in [5.74, 6) is -0.467. The van der Waals surface area contributed by atoms with Crippen molar-refractivity contribution in [3.8, 4) is 0 Å². The van der Waals surface area contributed by atoms with Crippen LogP contribution in [0.3, 0.4) is 0 Å². The quantitative estimate of drug-likeness (QED) is 0.614. The molecule has 19 heavy (non-hydrogen) atoms. The molecule has 0 saturated heterocycles. The van der Waals surface area contributed by atoms with Gasteiger partial charge in [0.05, 0.1) is 7.11 Å². The van der Waals surface area contributed by atoms with Crippen LogP contribution in [0.1, 0.15) is 5.56 Å². The first-order valence-corrected chi connectivity index (χ1v) is 5.94. The second-order valence-corrected chi connectivity index (χ2v) is 4.09. The van der Waals surface area contributed by atoms with Crippen LogP contribution in [0.5, 0.6) is 0 Å². The summed E-state index contributed by atoms with van der Waals surface area (Å²) in [7, 11) is 1.29. The van der Waals surface area contributed by atoms with E-state index in [0.29, 0.717) is 6.54 Å². The van der Waals surface area contributed by atoms with Crippen LogP contribution in [0.4, 0.5) is 4.79 Å². The fourth-order valence-corrected chi connectivity index (χ4v) is 1.84. The summed E-state index contributed by atoms with van der Waals surface area (Å²) < 4.78 is 9.81. The van der Waals surface area contributed by atoms with E-state index in [1.54, 1.807) is 12.2 Å². The number of nitrogens with zero attached hydrogens (tertiary/aromatic N) is 1. The summed E-state index contributed by atoms with van der Waals surface area (Å²) in [5, 5.41) is 0. The Balaban J connectivity index is 1.91. The molecule has 0 saturated carbocycles. The molecular formula is C14H15NO4. The number of benzene rings is 1. The van der Waals surface area contributed by atoms with Crippen molar-refractivity contribution in [2.24, 2.45) is 0 Å². The number of methoxy groups -OCH3 is 1. The molecule has 0 unspecified atom stereocenters. The molecule has 1 aromatic carbocycles. The molecule has 5 nitrogen and oxygen atoms in total. The molecule has 100 valence electrons. The van der Waals surface area contributed by atoms with E-state index in [-0.39, 0.29) is 6.61 Å². The number of carbonyl (C=O) groups excluding carboxylic acids is 2. The Bertz CT molecular complexity index is 483. The van der Waals surface area contributed by atoms with Crippen molar-refractivity contribution in [3.05, 3.63) is 48.0 Å². The van der Waals surface area contributed by atoms with Crippen molar-refractivity contribution in [1.82, 2.24) is 4.90 Å². The van der Waals surface area contributed by atoms with E-state index in [1.807, 2.05) is 30.3 Å². The molecule has 0 bridgehead atoms. The molecule has 0 aliphatic carbocycles. The van der Waals surface area contributed by atoms with Gasteiger partial charge in [-0.2, -0.15) is 0 Å². The first kappa shape index (κ1) is 13.1. The molecule has 1 amide bonds. The maximum absolute atomic E-state index is 11.9. The zero-order chi connectivity index (χ0) is 13.7. The van der Waals surface area contributed by atoms with Gasteiger partial charge in [-0.05, 0) is 5.56 Å². The monoisotopic (exact) mass is 261 g/mol. The third-order valence-corrected chi connectivity index (χ3v) is 2.84. The number of esters is 1. The maximum atomic E-state index is 11.9. The number of rotatable bonds is 3. The first-order valence-electron chi connectivity index (χ1n) is 5.94. The van der Waals surface area contributed by atoms with Gasteiger partial charge in [-0.15, -0.1) is 0 Å². The first-order chi connectivity index (χ1) is 9.22. The molecular weight excluding hydrogens is 246 g/mol. The van der Waals surface area contributed by atoms with Gasteiger partial charge < -0.3 is 9.47 Å². The SMILES string of the molecule is COC(=O)[C@H]1C=CCN1C(=O)OCc1ccccc1. The molecule has 1 aliphatic rings. The van der Waals surface area contributed by atoms with E-state index in [2.05, 4.69) is 4.74 Å². The molecule has 1 aromatic rings. The highest BCUT2D eigenvalue weighted by Crippen LogP contribution is 2.13. The Morgan fingerprint density at radius 1 is 1.32 bits per heavy atom. The molecule has 0 radical (unpaired) electrons. The van der Waals surface area contributed by atoms with Crippen molar-refractivity contribution >= 4 is 12.1 Å².